The maximum Gasteiger partial charge on any atom is 0.235 e. The van der Waals surface area contributed by atoms with Gasteiger partial charge in [0.15, 0.2) is 11.5 Å². The van der Waals surface area contributed by atoms with Crippen molar-refractivity contribution in [1.82, 2.24) is 5.32 Å². The maximum absolute atomic E-state index is 13.4. The number of fused-ring (bicyclic) bond motifs is 1. The van der Waals surface area contributed by atoms with Crippen LogP contribution in [-0.2, 0) is 16.8 Å². The van der Waals surface area contributed by atoms with Gasteiger partial charge in [-0.05, 0) is 90.7 Å². The highest BCUT2D eigenvalue weighted by atomic mass is 16.7. The standard InChI is InChI=1S/C30H34N2O3/c1-20(2)12-15-31-18-22-5-7-23(8-6-22)26-17-25(10-4-21(26)3)32-29(33)30(13-14-30)24-9-11-27-28(16-24)35-19-34-27/h4-11,16-17,20,31H,12-15,18-19H2,1-3H3,(H,32,33). The molecule has 2 N–H and O–H groups in total. The van der Waals surface area contributed by atoms with Crippen molar-refractivity contribution in [3.63, 3.8) is 0 Å². The van der Waals surface area contributed by atoms with Crippen molar-refractivity contribution in [3.8, 4) is 22.6 Å². The fourth-order valence-corrected chi connectivity index (χ4v) is 4.65. The number of anilines is 1. The van der Waals surface area contributed by atoms with Crippen LogP contribution in [0.25, 0.3) is 11.1 Å². The number of carbonyl (C=O) groups excluding carboxylic acids is 1. The number of amides is 1. The van der Waals surface area contributed by atoms with E-state index in [9.17, 15) is 4.79 Å². The summed E-state index contributed by atoms with van der Waals surface area (Å²) in [6.45, 7) is 8.75. The molecule has 3 aromatic rings. The van der Waals surface area contributed by atoms with Gasteiger partial charge < -0.3 is 20.1 Å². The Morgan fingerprint density at radius 1 is 0.971 bits per heavy atom. The minimum absolute atomic E-state index is 0.0361. The molecule has 0 bridgehead atoms. The SMILES string of the molecule is Cc1ccc(NC(=O)C2(c3ccc4c(c3)OCO4)CC2)cc1-c1ccc(CNCCC(C)C)cc1. The highest BCUT2D eigenvalue weighted by molar-refractivity contribution is 6.02. The summed E-state index contributed by atoms with van der Waals surface area (Å²) in [5.74, 6) is 2.21. The fourth-order valence-electron chi connectivity index (χ4n) is 4.65. The van der Waals surface area contributed by atoms with Gasteiger partial charge in [0.2, 0.25) is 12.7 Å². The van der Waals surface area contributed by atoms with Gasteiger partial charge in [0.05, 0.1) is 5.41 Å². The average Bonchev–Trinajstić information content (AvgIpc) is 3.54. The highest BCUT2D eigenvalue weighted by Gasteiger charge is 2.51. The number of rotatable bonds is 9. The quantitative estimate of drug-likeness (QED) is 0.366. The Morgan fingerprint density at radius 2 is 1.74 bits per heavy atom. The molecule has 1 aliphatic carbocycles. The maximum atomic E-state index is 13.4. The largest absolute Gasteiger partial charge is 0.454 e. The van der Waals surface area contributed by atoms with Gasteiger partial charge in [0.25, 0.3) is 0 Å². The van der Waals surface area contributed by atoms with Crippen LogP contribution in [0.4, 0.5) is 5.69 Å². The first-order chi connectivity index (χ1) is 16.9. The first-order valence-corrected chi connectivity index (χ1v) is 12.6. The summed E-state index contributed by atoms with van der Waals surface area (Å²) >= 11 is 0. The number of benzene rings is 3. The molecule has 0 aromatic heterocycles. The zero-order chi connectivity index (χ0) is 24.4. The van der Waals surface area contributed by atoms with Gasteiger partial charge in [-0.3, -0.25) is 4.79 Å². The second-order valence-electron chi connectivity index (χ2n) is 10.2. The van der Waals surface area contributed by atoms with Gasteiger partial charge in [-0.2, -0.15) is 0 Å². The van der Waals surface area contributed by atoms with E-state index in [1.54, 1.807) is 0 Å². The molecule has 5 rings (SSSR count). The molecule has 2 aliphatic rings. The number of nitrogens with one attached hydrogen (secondary N) is 2. The molecule has 1 amide bonds. The van der Waals surface area contributed by atoms with Gasteiger partial charge in [-0.25, -0.2) is 0 Å². The van der Waals surface area contributed by atoms with E-state index in [0.29, 0.717) is 5.92 Å². The molecule has 0 unspecified atom stereocenters. The van der Waals surface area contributed by atoms with E-state index in [4.69, 9.17) is 9.47 Å². The predicted molar refractivity (Wildman–Crippen MR) is 140 cm³/mol. The first-order valence-electron chi connectivity index (χ1n) is 12.6. The number of hydrogen-bond acceptors (Lipinski definition) is 4. The Hall–Kier alpha value is -3.31. The lowest BCUT2D eigenvalue weighted by atomic mass is 9.94. The molecule has 0 spiro atoms. The van der Waals surface area contributed by atoms with Gasteiger partial charge in [0.1, 0.15) is 0 Å². The van der Waals surface area contributed by atoms with Crippen molar-refractivity contribution in [2.45, 2.75) is 52.0 Å². The molecule has 1 fully saturated rings. The highest BCUT2D eigenvalue weighted by Crippen LogP contribution is 2.51. The van der Waals surface area contributed by atoms with E-state index < -0.39 is 5.41 Å². The van der Waals surface area contributed by atoms with Crippen LogP contribution in [0.5, 0.6) is 11.5 Å². The smallest absolute Gasteiger partial charge is 0.235 e. The van der Waals surface area contributed by atoms with Crippen molar-refractivity contribution >= 4 is 11.6 Å². The molecule has 1 heterocycles. The first kappa shape index (κ1) is 23.4. The van der Waals surface area contributed by atoms with E-state index in [0.717, 1.165) is 59.8 Å². The zero-order valence-electron chi connectivity index (χ0n) is 20.8. The van der Waals surface area contributed by atoms with Crippen molar-refractivity contribution in [2.24, 2.45) is 5.92 Å². The van der Waals surface area contributed by atoms with Crippen molar-refractivity contribution < 1.29 is 14.3 Å². The van der Waals surface area contributed by atoms with Gasteiger partial charge in [-0.1, -0.05) is 50.2 Å². The molecule has 1 aliphatic heterocycles. The van der Waals surface area contributed by atoms with E-state index in [2.05, 4.69) is 67.8 Å². The fraction of sp³-hybridized carbons (Fsp3) is 0.367. The van der Waals surface area contributed by atoms with Gasteiger partial charge in [-0.15, -0.1) is 0 Å². The van der Waals surface area contributed by atoms with Crippen LogP contribution in [-0.4, -0.2) is 19.2 Å². The Bertz CT molecular complexity index is 1210. The topological polar surface area (TPSA) is 59.6 Å². The van der Waals surface area contributed by atoms with Crippen LogP contribution in [0, 0.1) is 12.8 Å². The molecule has 1 saturated carbocycles. The zero-order valence-corrected chi connectivity index (χ0v) is 20.8. The van der Waals surface area contributed by atoms with Gasteiger partial charge in [0, 0.05) is 12.2 Å². The molecule has 35 heavy (non-hydrogen) atoms. The summed E-state index contributed by atoms with van der Waals surface area (Å²) in [6.07, 6.45) is 2.86. The van der Waals surface area contributed by atoms with Crippen molar-refractivity contribution in [1.29, 1.82) is 0 Å². The van der Waals surface area contributed by atoms with Crippen LogP contribution in [0.15, 0.2) is 60.7 Å². The van der Waals surface area contributed by atoms with E-state index in [-0.39, 0.29) is 12.7 Å². The normalized spacial score (nSPS) is 15.3. The predicted octanol–water partition coefficient (Wildman–Crippen LogP) is 6.20. The van der Waals surface area contributed by atoms with E-state index in [1.165, 1.54) is 17.5 Å². The minimum atomic E-state index is -0.490. The van der Waals surface area contributed by atoms with E-state index >= 15 is 0 Å². The third-order valence-corrected chi connectivity index (χ3v) is 7.10. The summed E-state index contributed by atoms with van der Waals surface area (Å²) in [7, 11) is 0. The second kappa shape index (κ2) is 9.74. The van der Waals surface area contributed by atoms with Crippen LogP contribution in [0.1, 0.15) is 49.8 Å². The van der Waals surface area contributed by atoms with Crippen LogP contribution >= 0.6 is 0 Å². The Kier molecular flexibility index (Phi) is 6.52. The minimum Gasteiger partial charge on any atom is -0.454 e. The molecule has 5 heteroatoms. The van der Waals surface area contributed by atoms with Crippen LogP contribution < -0.4 is 20.1 Å². The van der Waals surface area contributed by atoms with E-state index in [1.807, 2.05) is 24.3 Å². The number of aryl methyl sites for hydroxylation is 1. The van der Waals surface area contributed by atoms with Gasteiger partial charge >= 0.3 is 0 Å². The lowest BCUT2D eigenvalue weighted by molar-refractivity contribution is -0.118. The summed E-state index contributed by atoms with van der Waals surface area (Å²) < 4.78 is 10.9. The molecule has 182 valence electrons. The Labute approximate surface area is 207 Å². The molecule has 3 aromatic carbocycles. The van der Waals surface area contributed by atoms with Crippen molar-refractivity contribution in [2.75, 3.05) is 18.7 Å². The third-order valence-electron chi connectivity index (χ3n) is 7.10. The van der Waals surface area contributed by atoms with Crippen LogP contribution in [0.2, 0.25) is 0 Å². The molecular weight excluding hydrogens is 436 g/mol. The van der Waals surface area contributed by atoms with Crippen LogP contribution in [0.3, 0.4) is 0 Å². The summed E-state index contributed by atoms with van der Waals surface area (Å²) in [5, 5.41) is 6.70. The number of ether oxygens (including phenoxy) is 2. The number of carbonyl (C=O) groups is 1. The summed E-state index contributed by atoms with van der Waals surface area (Å²) in [6, 6.07) is 20.7. The van der Waals surface area contributed by atoms with Crippen molar-refractivity contribution in [3.05, 3.63) is 77.4 Å². The Balaban J connectivity index is 1.28. The lowest BCUT2D eigenvalue weighted by Gasteiger charge is -2.17. The molecule has 5 nitrogen and oxygen atoms in total. The lowest BCUT2D eigenvalue weighted by Crippen LogP contribution is -2.27. The average molecular weight is 471 g/mol. The molecule has 0 atom stereocenters. The summed E-state index contributed by atoms with van der Waals surface area (Å²) in [5.41, 5.74) is 6.07. The summed E-state index contributed by atoms with van der Waals surface area (Å²) in [4.78, 5) is 13.4. The third kappa shape index (κ3) is 5.06. The second-order valence-corrected chi connectivity index (χ2v) is 10.2. The molecular formula is C30H34N2O3. The number of hydrogen-bond donors (Lipinski definition) is 2. The molecule has 0 saturated heterocycles. The monoisotopic (exact) mass is 470 g/mol. The Morgan fingerprint density at radius 3 is 2.49 bits per heavy atom. The molecule has 0 radical (unpaired) electrons.